The Morgan fingerprint density at radius 1 is 1.48 bits per heavy atom. The van der Waals surface area contributed by atoms with E-state index in [1.165, 1.54) is 12.1 Å². The molecule has 5 nitrogen and oxygen atoms in total. The first-order chi connectivity index (χ1) is 10.2. The number of likely N-dealkylation sites (tertiary alicyclic amines) is 1. The number of nitrogens with zero attached hydrogens (tertiary/aromatic N) is 3. The lowest BCUT2D eigenvalue weighted by Crippen LogP contribution is -2.28. The molecule has 0 aliphatic carbocycles. The molecule has 1 atom stereocenters. The van der Waals surface area contributed by atoms with Crippen molar-refractivity contribution in [3.05, 3.63) is 41.8 Å². The predicted molar refractivity (Wildman–Crippen MR) is 74.5 cm³/mol. The lowest BCUT2D eigenvalue weighted by atomic mass is 10.2. The molecular formula is C15H18FN3O2. The molecule has 1 saturated heterocycles. The fourth-order valence-electron chi connectivity index (χ4n) is 2.67. The van der Waals surface area contributed by atoms with E-state index in [4.69, 9.17) is 9.26 Å². The van der Waals surface area contributed by atoms with Crippen LogP contribution in [-0.2, 0) is 0 Å². The minimum absolute atomic E-state index is 0.193. The summed E-state index contributed by atoms with van der Waals surface area (Å²) in [6.07, 6.45) is 2.14. The molecule has 21 heavy (non-hydrogen) atoms. The van der Waals surface area contributed by atoms with E-state index in [9.17, 15) is 4.39 Å². The van der Waals surface area contributed by atoms with Gasteiger partial charge >= 0.3 is 0 Å². The maximum absolute atomic E-state index is 13.1. The third-order valence-electron chi connectivity index (χ3n) is 3.65. The number of aromatic nitrogens is 2. The molecule has 2 heterocycles. The highest BCUT2D eigenvalue weighted by Gasteiger charge is 2.29. The van der Waals surface area contributed by atoms with Gasteiger partial charge in [0.1, 0.15) is 18.2 Å². The van der Waals surface area contributed by atoms with Crippen LogP contribution in [0.4, 0.5) is 4.39 Å². The first kappa shape index (κ1) is 14.0. The third kappa shape index (κ3) is 3.39. The van der Waals surface area contributed by atoms with E-state index in [1.807, 2.05) is 0 Å². The molecule has 6 heteroatoms. The molecule has 0 spiro atoms. The van der Waals surface area contributed by atoms with Crippen molar-refractivity contribution in [2.75, 3.05) is 19.7 Å². The molecule has 1 aliphatic rings. The summed E-state index contributed by atoms with van der Waals surface area (Å²) in [6, 6.07) is 6.39. The molecule has 1 aromatic carbocycles. The summed E-state index contributed by atoms with van der Waals surface area (Å²) in [5, 5.41) is 4.01. The SMILES string of the molecule is Cc1nc([C@@H]2CCCN2CCOc2cccc(F)c2)no1. The molecule has 0 bridgehead atoms. The molecule has 1 aromatic heterocycles. The number of hydrogen-bond donors (Lipinski definition) is 0. The van der Waals surface area contributed by atoms with Crippen LogP contribution >= 0.6 is 0 Å². The van der Waals surface area contributed by atoms with Gasteiger partial charge in [0.15, 0.2) is 5.82 Å². The van der Waals surface area contributed by atoms with Crippen LogP contribution in [0.2, 0.25) is 0 Å². The largest absolute Gasteiger partial charge is 0.492 e. The smallest absolute Gasteiger partial charge is 0.223 e. The minimum atomic E-state index is -0.283. The minimum Gasteiger partial charge on any atom is -0.492 e. The Bertz CT molecular complexity index is 602. The van der Waals surface area contributed by atoms with Gasteiger partial charge in [0, 0.05) is 19.5 Å². The van der Waals surface area contributed by atoms with Gasteiger partial charge in [-0.05, 0) is 31.5 Å². The van der Waals surface area contributed by atoms with Gasteiger partial charge in [0.25, 0.3) is 0 Å². The average Bonchev–Trinajstić information content (AvgIpc) is 3.07. The van der Waals surface area contributed by atoms with E-state index < -0.39 is 0 Å². The zero-order chi connectivity index (χ0) is 14.7. The van der Waals surface area contributed by atoms with Crippen LogP contribution in [0.5, 0.6) is 5.75 Å². The summed E-state index contributed by atoms with van der Waals surface area (Å²) in [6.45, 7) is 4.05. The molecule has 0 unspecified atom stereocenters. The van der Waals surface area contributed by atoms with Crippen molar-refractivity contribution in [1.82, 2.24) is 15.0 Å². The monoisotopic (exact) mass is 291 g/mol. The van der Waals surface area contributed by atoms with Crippen LogP contribution in [0.15, 0.2) is 28.8 Å². The van der Waals surface area contributed by atoms with Crippen molar-refractivity contribution in [1.29, 1.82) is 0 Å². The number of hydrogen-bond acceptors (Lipinski definition) is 5. The van der Waals surface area contributed by atoms with Crippen molar-refractivity contribution < 1.29 is 13.7 Å². The number of ether oxygens (including phenoxy) is 1. The second-order valence-corrected chi connectivity index (χ2v) is 5.17. The summed E-state index contributed by atoms with van der Waals surface area (Å²) in [4.78, 5) is 6.59. The van der Waals surface area contributed by atoms with E-state index in [-0.39, 0.29) is 11.9 Å². The lowest BCUT2D eigenvalue weighted by molar-refractivity contribution is 0.190. The molecular weight excluding hydrogens is 273 g/mol. The maximum atomic E-state index is 13.1. The second-order valence-electron chi connectivity index (χ2n) is 5.17. The highest BCUT2D eigenvalue weighted by molar-refractivity contribution is 5.22. The van der Waals surface area contributed by atoms with Gasteiger partial charge < -0.3 is 9.26 Å². The quantitative estimate of drug-likeness (QED) is 0.848. The van der Waals surface area contributed by atoms with Crippen molar-refractivity contribution in [3.63, 3.8) is 0 Å². The molecule has 2 aromatic rings. The van der Waals surface area contributed by atoms with Crippen molar-refractivity contribution in [2.45, 2.75) is 25.8 Å². The van der Waals surface area contributed by atoms with Gasteiger partial charge in [-0.15, -0.1) is 0 Å². The summed E-state index contributed by atoms with van der Waals surface area (Å²) in [7, 11) is 0. The van der Waals surface area contributed by atoms with Crippen LogP contribution in [0.1, 0.15) is 30.6 Å². The Hall–Kier alpha value is -1.95. The van der Waals surface area contributed by atoms with E-state index in [1.54, 1.807) is 19.1 Å². The van der Waals surface area contributed by atoms with Crippen molar-refractivity contribution in [2.24, 2.45) is 0 Å². The normalized spacial score (nSPS) is 19.0. The first-order valence-electron chi connectivity index (χ1n) is 7.15. The number of rotatable bonds is 5. The molecule has 1 aliphatic heterocycles. The Kier molecular flexibility index (Phi) is 4.15. The second kappa shape index (κ2) is 6.22. The summed E-state index contributed by atoms with van der Waals surface area (Å²) in [5.41, 5.74) is 0. The van der Waals surface area contributed by atoms with Crippen molar-refractivity contribution >= 4 is 0 Å². The summed E-state index contributed by atoms with van der Waals surface area (Å²) < 4.78 is 23.7. The van der Waals surface area contributed by atoms with Crippen molar-refractivity contribution in [3.8, 4) is 5.75 Å². The fourth-order valence-corrected chi connectivity index (χ4v) is 2.67. The van der Waals surface area contributed by atoms with Crippen LogP contribution in [0.3, 0.4) is 0 Å². The Morgan fingerprint density at radius 2 is 2.38 bits per heavy atom. The Balaban J connectivity index is 1.55. The van der Waals surface area contributed by atoms with Crippen LogP contribution in [0, 0.1) is 12.7 Å². The van der Waals surface area contributed by atoms with E-state index in [0.717, 1.165) is 31.8 Å². The number of aryl methyl sites for hydroxylation is 1. The fraction of sp³-hybridized carbons (Fsp3) is 0.467. The maximum Gasteiger partial charge on any atom is 0.223 e. The predicted octanol–water partition coefficient (Wildman–Crippen LogP) is 2.73. The first-order valence-corrected chi connectivity index (χ1v) is 7.15. The molecule has 0 radical (unpaired) electrons. The molecule has 0 N–H and O–H groups in total. The highest BCUT2D eigenvalue weighted by atomic mass is 19.1. The van der Waals surface area contributed by atoms with E-state index in [2.05, 4.69) is 15.0 Å². The standard InChI is InChI=1S/C15H18FN3O2/c1-11-17-15(18-21-11)14-6-3-7-19(14)8-9-20-13-5-2-4-12(16)10-13/h2,4-5,10,14H,3,6-9H2,1H3/t14-/m0/s1. The zero-order valence-corrected chi connectivity index (χ0v) is 12.0. The molecule has 0 amide bonds. The van der Waals surface area contributed by atoms with E-state index in [0.29, 0.717) is 18.2 Å². The van der Waals surface area contributed by atoms with Gasteiger partial charge in [-0.1, -0.05) is 11.2 Å². The highest BCUT2D eigenvalue weighted by Crippen LogP contribution is 2.29. The number of benzene rings is 1. The van der Waals surface area contributed by atoms with Gasteiger partial charge in [-0.2, -0.15) is 4.98 Å². The average molecular weight is 291 g/mol. The molecule has 3 rings (SSSR count). The molecule has 1 fully saturated rings. The Labute approximate surface area is 122 Å². The summed E-state index contributed by atoms with van der Waals surface area (Å²) >= 11 is 0. The van der Waals surface area contributed by atoms with Gasteiger partial charge in [0.05, 0.1) is 6.04 Å². The zero-order valence-electron chi connectivity index (χ0n) is 12.0. The molecule has 0 saturated carbocycles. The Morgan fingerprint density at radius 3 is 3.14 bits per heavy atom. The van der Waals surface area contributed by atoms with Crippen LogP contribution in [-0.4, -0.2) is 34.7 Å². The van der Waals surface area contributed by atoms with Gasteiger partial charge in [0.2, 0.25) is 5.89 Å². The topological polar surface area (TPSA) is 51.4 Å². The summed E-state index contributed by atoms with van der Waals surface area (Å²) in [5.74, 6) is 1.61. The lowest BCUT2D eigenvalue weighted by Gasteiger charge is -2.21. The number of halogens is 1. The third-order valence-corrected chi connectivity index (χ3v) is 3.65. The van der Waals surface area contributed by atoms with E-state index >= 15 is 0 Å². The molecule has 112 valence electrons. The van der Waals surface area contributed by atoms with Crippen LogP contribution < -0.4 is 4.74 Å². The van der Waals surface area contributed by atoms with Crippen LogP contribution in [0.25, 0.3) is 0 Å². The van der Waals surface area contributed by atoms with Gasteiger partial charge in [-0.25, -0.2) is 4.39 Å². The van der Waals surface area contributed by atoms with Gasteiger partial charge in [-0.3, -0.25) is 4.90 Å².